The SMILES string of the molecule is Oc1ccc2oc(-c3ccccc3)cc(=[NH+]c3cc(Cl)cc(Cl)c3)c2c1.[O-][Cl+3]([O-])([O-])[O-]. The monoisotopic (exact) mass is 481 g/mol. The molecule has 3 aromatic carbocycles. The van der Waals surface area contributed by atoms with Crippen molar-refractivity contribution < 1.29 is 43.4 Å². The van der Waals surface area contributed by atoms with E-state index in [9.17, 15) is 5.11 Å². The van der Waals surface area contributed by atoms with Gasteiger partial charge in [-0.2, -0.15) is 0 Å². The van der Waals surface area contributed by atoms with Crippen LogP contribution in [0.25, 0.3) is 22.3 Å². The molecule has 4 rings (SSSR count). The second-order valence-electron chi connectivity index (χ2n) is 6.23. The van der Waals surface area contributed by atoms with Crippen LogP contribution in [0.15, 0.2) is 77.2 Å². The van der Waals surface area contributed by atoms with Crippen LogP contribution in [0.5, 0.6) is 5.75 Å². The van der Waals surface area contributed by atoms with Crippen molar-refractivity contribution in [2.75, 3.05) is 0 Å². The van der Waals surface area contributed by atoms with Gasteiger partial charge in [0.2, 0.25) is 11.0 Å². The van der Waals surface area contributed by atoms with Crippen LogP contribution < -0.4 is 29.0 Å². The van der Waals surface area contributed by atoms with E-state index in [0.29, 0.717) is 21.4 Å². The quantitative estimate of drug-likeness (QED) is 0.401. The molecule has 0 unspecified atom stereocenters. The number of halogens is 3. The maximum atomic E-state index is 9.88. The Balaban J connectivity index is 0.000000491. The minimum atomic E-state index is -4.94. The molecular formula is C21H14Cl3NO6. The highest BCUT2D eigenvalue weighted by molar-refractivity contribution is 6.34. The summed E-state index contributed by atoms with van der Waals surface area (Å²) in [5.41, 5.74) is 2.35. The highest BCUT2D eigenvalue weighted by Crippen LogP contribution is 2.24. The molecule has 2 N–H and O–H groups in total. The van der Waals surface area contributed by atoms with Gasteiger partial charge < -0.3 is 9.52 Å². The van der Waals surface area contributed by atoms with E-state index in [2.05, 4.69) is 4.99 Å². The third kappa shape index (κ3) is 6.95. The summed E-state index contributed by atoms with van der Waals surface area (Å²) < 4.78 is 40.0. The van der Waals surface area contributed by atoms with Gasteiger partial charge in [0.25, 0.3) is 0 Å². The number of benzene rings is 3. The largest absolute Gasteiger partial charge is 0.508 e. The van der Waals surface area contributed by atoms with Gasteiger partial charge >= 0.3 is 0 Å². The fourth-order valence-electron chi connectivity index (χ4n) is 2.80. The Morgan fingerprint density at radius 1 is 0.806 bits per heavy atom. The third-order valence-electron chi connectivity index (χ3n) is 3.95. The zero-order valence-corrected chi connectivity index (χ0v) is 17.8. The highest BCUT2D eigenvalue weighted by Gasteiger charge is 2.11. The minimum Gasteiger partial charge on any atom is -0.508 e. The molecule has 0 radical (unpaired) electrons. The number of hydrogen-bond acceptors (Lipinski definition) is 6. The highest BCUT2D eigenvalue weighted by atomic mass is 35.7. The van der Waals surface area contributed by atoms with Crippen molar-refractivity contribution in [3.8, 4) is 17.1 Å². The standard InChI is InChI=1S/C21H13Cl2NO2.ClHO4/c22-14-8-15(23)10-16(9-14)24-19-12-21(13-4-2-1-3-5-13)26-20-7-6-17(25)11-18(19)20;2-1(3,4)5/h1-12,25H;(H,2,3,4,5). The Labute approximate surface area is 188 Å². The van der Waals surface area contributed by atoms with E-state index in [1.807, 2.05) is 36.4 Å². The second kappa shape index (κ2) is 9.67. The van der Waals surface area contributed by atoms with Crippen molar-refractivity contribution in [2.45, 2.75) is 0 Å². The molecule has 1 aromatic heterocycles. The molecular weight excluding hydrogens is 469 g/mol. The first-order chi connectivity index (χ1) is 14.6. The molecule has 1 heterocycles. The number of phenols is 1. The molecule has 0 saturated carbocycles. The topological polar surface area (TPSA) is 140 Å². The van der Waals surface area contributed by atoms with Gasteiger partial charge in [0, 0.05) is 27.7 Å². The molecule has 0 bridgehead atoms. The zero-order valence-electron chi connectivity index (χ0n) is 15.6. The lowest BCUT2D eigenvalue weighted by molar-refractivity contribution is -2.00. The van der Waals surface area contributed by atoms with Gasteiger partial charge in [0.1, 0.15) is 17.1 Å². The van der Waals surface area contributed by atoms with Crippen LogP contribution in [0.4, 0.5) is 5.69 Å². The van der Waals surface area contributed by atoms with Crippen molar-refractivity contribution >= 4 is 39.9 Å². The molecule has 0 aliphatic heterocycles. The van der Waals surface area contributed by atoms with E-state index < -0.39 is 10.2 Å². The summed E-state index contributed by atoms with van der Waals surface area (Å²) in [6, 6.07) is 22.0. The molecule has 160 valence electrons. The minimum absolute atomic E-state index is 0.160. The molecule has 0 amide bonds. The normalized spacial score (nSPS) is 11.9. The van der Waals surface area contributed by atoms with Crippen molar-refractivity contribution in [1.29, 1.82) is 0 Å². The molecule has 0 atom stereocenters. The lowest BCUT2D eigenvalue weighted by Crippen LogP contribution is -2.70. The molecule has 0 saturated heterocycles. The molecule has 7 nitrogen and oxygen atoms in total. The van der Waals surface area contributed by atoms with Crippen molar-refractivity contribution in [3.05, 3.63) is 88.2 Å². The van der Waals surface area contributed by atoms with Crippen LogP contribution in [0, 0.1) is 10.2 Å². The van der Waals surface area contributed by atoms with Gasteiger partial charge in [0.05, 0.1) is 11.5 Å². The van der Waals surface area contributed by atoms with E-state index in [0.717, 1.165) is 22.0 Å². The van der Waals surface area contributed by atoms with Gasteiger partial charge in [-0.15, -0.1) is 10.2 Å². The second-order valence-corrected chi connectivity index (χ2v) is 7.86. The van der Waals surface area contributed by atoms with E-state index >= 15 is 0 Å². The lowest BCUT2D eigenvalue weighted by Gasteiger charge is -2.17. The van der Waals surface area contributed by atoms with Gasteiger partial charge in [-0.05, 0) is 24.3 Å². The number of phenolic OH excluding ortho intramolecular Hbond substituents is 1. The van der Waals surface area contributed by atoms with Crippen LogP contribution in [-0.2, 0) is 0 Å². The first kappa shape index (κ1) is 23.1. The predicted octanol–water partition coefficient (Wildman–Crippen LogP) is -0.331. The summed E-state index contributed by atoms with van der Waals surface area (Å²) >= 11 is 12.2. The van der Waals surface area contributed by atoms with Gasteiger partial charge in [0.15, 0.2) is 0 Å². The molecule has 0 aliphatic rings. The van der Waals surface area contributed by atoms with Crippen LogP contribution in [0.1, 0.15) is 0 Å². The van der Waals surface area contributed by atoms with Crippen molar-refractivity contribution in [1.82, 2.24) is 0 Å². The zero-order chi connectivity index (χ0) is 22.6. The van der Waals surface area contributed by atoms with Crippen LogP contribution in [0.3, 0.4) is 0 Å². The number of hydrogen-bond donors (Lipinski definition) is 2. The first-order valence-corrected chi connectivity index (χ1v) is 10.6. The van der Waals surface area contributed by atoms with E-state index in [4.69, 9.17) is 46.3 Å². The molecule has 0 fully saturated rings. The Morgan fingerprint density at radius 3 is 2.03 bits per heavy atom. The van der Waals surface area contributed by atoms with E-state index in [1.165, 1.54) is 0 Å². The predicted molar refractivity (Wildman–Crippen MR) is 104 cm³/mol. The molecule has 31 heavy (non-hydrogen) atoms. The Morgan fingerprint density at radius 2 is 1.42 bits per heavy atom. The Hall–Kier alpha value is -2.62. The summed E-state index contributed by atoms with van der Waals surface area (Å²) in [5.74, 6) is 0.867. The van der Waals surface area contributed by atoms with Crippen LogP contribution >= 0.6 is 23.2 Å². The fraction of sp³-hybridized carbons (Fsp3) is 0. The maximum Gasteiger partial charge on any atom is 0.218 e. The first-order valence-electron chi connectivity index (χ1n) is 8.59. The molecule has 10 heteroatoms. The van der Waals surface area contributed by atoms with E-state index in [1.54, 1.807) is 36.4 Å². The maximum absolute atomic E-state index is 9.88. The van der Waals surface area contributed by atoms with Gasteiger partial charge in [-0.1, -0.05) is 53.5 Å². The summed E-state index contributed by atoms with van der Waals surface area (Å²) in [4.78, 5) is 3.33. The van der Waals surface area contributed by atoms with Crippen LogP contribution in [0.2, 0.25) is 10.0 Å². The molecule has 0 aliphatic carbocycles. The number of aromatic hydroxyl groups is 1. The van der Waals surface area contributed by atoms with Crippen molar-refractivity contribution in [2.24, 2.45) is 0 Å². The van der Waals surface area contributed by atoms with Gasteiger partial charge in [-0.3, -0.25) is 0 Å². The van der Waals surface area contributed by atoms with Gasteiger partial charge in [-0.25, -0.2) is 23.6 Å². The lowest BCUT2D eigenvalue weighted by atomic mass is 10.1. The third-order valence-corrected chi connectivity index (χ3v) is 4.38. The number of fused-ring (bicyclic) bond motifs is 1. The average molecular weight is 483 g/mol. The Kier molecular flexibility index (Phi) is 7.19. The number of rotatable bonds is 2. The fourth-order valence-corrected chi connectivity index (χ4v) is 3.33. The summed E-state index contributed by atoms with van der Waals surface area (Å²) in [7, 11) is -4.94. The van der Waals surface area contributed by atoms with Crippen molar-refractivity contribution in [3.63, 3.8) is 0 Å². The molecule has 0 spiro atoms. The summed E-state index contributed by atoms with van der Waals surface area (Å²) in [6.07, 6.45) is 0. The molecule has 4 aromatic rings. The Bertz CT molecular complexity index is 1240. The smallest absolute Gasteiger partial charge is 0.218 e. The van der Waals surface area contributed by atoms with E-state index in [-0.39, 0.29) is 5.75 Å². The van der Waals surface area contributed by atoms with Crippen LogP contribution in [-0.4, -0.2) is 5.11 Å². The average Bonchev–Trinajstić information content (AvgIpc) is 2.67. The number of nitrogens with one attached hydrogen (secondary N) is 1. The summed E-state index contributed by atoms with van der Waals surface area (Å²) in [5, 5.41) is 12.5. The summed E-state index contributed by atoms with van der Waals surface area (Å²) in [6.45, 7) is 0.